The Hall–Kier alpha value is -3.54. The zero-order valence-electron chi connectivity index (χ0n) is 15.9. The van der Waals surface area contributed by atoms with Crippen molar-refractivity contribution in [1.82, 2.24) is 15.2 Å². The van der Waals surface area contributed by atoms with E-state index in [1.54, 1.807) is 33.2 Å². The number of ether oxygens (including phenoxy) is 1. The van der Waals surface area contributed by atoms with Crippen molar-refractivity contribution in [2.24, 2.45) is 0 Å². The number of rotatable bonds is 6. The van der Waals surface area contributed by atoms with E-state index in [0.29, 0.717) is 10.5 Å². The molecule has 0 unspecified atom stereocenters. The van der Waals surface area contributed by atoms with Crippen LogP contribution in [-0.4, -0.2) is 51.1 Å². The van der Waals surface area contributed by atoms with Crippen LogP contribution in [0.4, 0.5) is 4.79 Å². The number of aromatic nitrogens is 1. The minimum atomic E-state index is -1.50. The van der Waals surface area contributed by atoms with Crippen molar-refractivity contribution in [2.75, 3.05) is 6.54 Å². The normalized spacial score (nSPS) is 12.1. The number of amides is 2. The molecule has 1 heterocycles. The number of imide groups is 1. The van der Waals surface area contributed by atoms with Crippen LogP contribution in [-0.2, 0) is 20.7 Å². The fourth-order valence-electron chi connectivity index (χ4n) is 2.71. The molecular weight excluding hydrogens is 364 g/mol. The lowest BCUT2D eigenvalue weighted by Crippen LogP contribution is -2.53. The summed E-state index contributed by atoms with van der Waals surface area (Å²) in [6.45, 7) is 4.30. The Morgan fingerprint density at radius 3 is 2.61 bits per heavy atom. The van der Waals surface area contributed by atoms with Crippen LogP contribution in [0.3, 0.4) is 0 Å². The van der Waals surface area contributed by atoms with Gasteiger partial charge in [0.15, 0.2) is 6.19 Å². The van der Waals surface area contributed by atoms with Gasteiger partial charge in [-0.05, 0) is 32.4 Å². The van der Waals surface area contributed by atoms with Crippen LogP contribution < -0.4 is 5.32 Å². The highest BCUT2D eigenvalue weighted by Gasteiger charge is 2.38. The molecule has 0 saturated carbocycles. The lowest BCUT2D eigenvalue weighted by atomic mass is 10.0. The number of carbonyl (C=O) groups excluding carboxylic acids is 2. The van der Waals surface area contributed by atoms with E-state index in [1.165, 1.54) is 0 Å². The van der Waals surface area contributed by atoms with Crippen molar-refractivity contribution in [2.45, 2.75) is 38.8 Å². The molecule has 148 valence electrons. The van der Waals surface area contributed by atoms with Crippen LogP contribution in [0.25, 0.3) is 10.9 Å². The summed E-state index contributed by atoms with van der Waals surface area (Å²) in [6, 6.07) is 5.80. The molecule has 1 aromatic heterocycles. The first kappa shape index (κ1) is 20.8. The van der Waals surface area contributed by atoms with Gasteiger partial charge < -0.3 is 20.1 Å². The van der Waals surface area contributed by atoms with Gasteiger partial charge in [0, 0.05) is 23.5 Å². The third-order valence-electron chi connectivity index (χ3n) is 3.86. The smallest absolute Gasteiger partial charge is 0.417 e. The van der Waals surface area contributed by atoms with Gasteiger partial charge in [-0.2, -0.15) is 5.26 Å². The van der Waals surface area contributed by atoms with Gasteiger partial charge >= 0.3 is 12.1 Å². The fourth-order valence-corrected chi connectivity index (χ4v) is 2.71. The average molecular weight is 386 g/mol. The maximum absolute atomic E-state index is 12.6. The maximum Gasteiger partial charge on any atom is 0.417 e. The number of carbonyl (C=O) groups is 3. The van der Waals surface area contributed by atoms with Gasteiger partial charge in [0.05, 0.1) is 0 Å². The molecule has 0 aliphatic carbocycles. The molecule has 1 atom stereocenters. The summed E-state index contributed by atoms with van der Waals surface area (Å²) in [6.07, 6.45) is 2.03. The number of nitrogens with one attached hydrogen (secondary N) is 2. The Labute approximate surface area is 161 Å². The van der Waals surface area contributed by atoms with E-state index in [-0.39, 0.29) is 6.42 Å². The van der Waals surface area contributed by atoms with Crippen molar-refractivity contribution < 1.29 is 24.2 Å². The number of fused-ring (bicyclic) bond motifs is 1. The van der Waals surface area contributed by atoms with Gasteiger partial charge in [0.25, 0.3) is 5.91 Å². The summed E-state index contributed by atoms with van der Waals surface area (Å²) in [5.74, 6) is -2.23. The fraction of sp³-hybridized carbons (Fsp3) is 0.368. The van der Waals surface area contributed by atoms with Crippen LogP contribution in [0.2, 0.25) is 0 Å². The van der Waals surface area contributed by atoms with E-state index in [1.807, 2.05) is 24.3 Å². The molecule has 2 aromatic rings. The summed E-state index contributed by atoms with van der Waals surface area (Å²) >= 11 is 0. The van der Waals surface area contributed by atoms with Gasteiger partial charge in [0.1, 0.15) is 18.2 Å². The highest BCUT2D eigenvalue weighted by molar-refractivity contribution is 5.98. The molecule has 2 rings (SSSR count). The van der Waals surface area contributed by atoms with Crippen LogP contribution >= 0.6 is 0 Å². The summed E-state index contributed by atoms with van der Waals surface area (Å²) in [4.78, 5) is 40.7. The molecule has 0 bridgehead atoms. The van der Waals surface area contributed by atoms with E-state index in [0.717, 1.165) is 10.9 Å². The van der Waals surface area contributed by atoms with Gasteiger partial charge in [0.2, 0.25) is 0 Å². The average Bonchev–Trinajstić information content (AvgIpc) is 3.00. The maximum atomic E-state index is 12.6. The quantitative estimate of drug-likeness (QED) is 0.510. The zero-order valence-corrected chi connectivity index (χ0v) is 15.9. The molecule has 9 heteroatoms. The predicted octanol–water partition coefficient (Wildman–Crippen LogP) is 2.00. The van der Waals surface area contributed by atoms with Crippen LogP contribution in [0.1, 0.15) is 26.3 Å². The Morgan fingerprint density at radius 2 is 2.00 bits per heavy atom. The second kappa shape index (κ2) is 8.43. The number of benzene rings is 1. The summed E-state index contributed by atoms with van der Waals surface area (Å²) in [5.41, 5.74) is 0.516. The second-order valence-electron chi connectivity index (χ2n) is 7.13. The Morgan fingerprint density at radius 1 is 1.32 bits per heavy atom. The van der Waals surface area contributed by atoms with E-state index in [9.17, 15) is 19.5 Å². The van der Waals surface area contributed by atoms with Gasteiger partial charge in [-0.1, -0.05) is 18.2 Å². The second-order valence-corrected chi connectivity index (χ2v) is 7.13. The number of carboxylic acid groups (broad SMARTS) is 1. The molecule has 0 saturated heterocycles. The molecule has 0 spiro atoms. The number of aliphatic carboxylic acids is 1. The van der Waals surface area contributed by atoms with Crippen molar-refractivity contribution >= 4 is 28.9 Å². The largest absolute Gasteiger partial charge is 0.480 e. The highest BCUT2D eigenvalue weighted by atomic mass is 16.6. The van der Waals surface area contributed by atoms with Crippen LogP contribution in [0.15, 0.2) is 30.5 Å². The summed E-state index contributed by atoms with van der Waals surface area (Å²) in [7, 11) is 0. The van der Waals surface area contributed by atoms with Crippen molar-refractivity contribution in [3.63, 3.8) is 0 Å². The standard InChI is InChI=1S/C19H22N4O5/c1-19(2,3)28-18(27)23(16(24)10-21-11-20)15(17(25)26)8-12-9-22-14-7-5-4-6-13(12)14/h4-7,9,15,21-22H,8,10H2,1-3H3,(H,25,26)/t15-/m0/s1. The first-order valence-electron chi connectivity index (χ1n) is 8.59. The number of H-pyrrole nitrogens is 1. The van der Waals surface area contributed by atoms with Crippen molar-refractivity contribution in [1.29, 1.82) is 5.26 Å². The highest BCUT2D eigenvalue weighted by Crippen LogP contribution is 2.22. The van der Waals surface area contributed by atoms with E-state index < -0.39 is 36.2 Å². The molecule has 0 aliphatic heterocycles. The SMILES string of the molecule is CC(C)(C)OC(=O)N(C(=O)CNC#N)[C@@H](Cc1c[nH]c2ccccc12)C(=O)O. The lowest BCUT2D eigenvalue weighted by molar-refractivity contribution is -0.149. The zero-order chi connectivity index (χ0) is 20.9. The third kappa shape index (κ3) is 5.01. The molecule has 0 aliphatic rings. The van der Waals surface area contributed by atoms with Gasteiger partial charge in [-0.3, -0.25) is 4.79 Å². The summed E-state index contributed by atoms with van der Waals surface area (Å²) < 4.78 is 5.22. The number of aromatic amines is 1. The molecule has 0 fully saturated rings. The molecule has 0 radical (unpaired) electrons. The Kier molecular flexibility index (Phi) is 6.26. The first-order valence-corrected chi connectivity index (χ1v) is 8.59. The van der Waals surface area contributed by atoms with Crippen LogP contribution in [0.5, 0.6) is 0 Å². The minimum absolute atomic E-state index is 0.114. The van der Waals surface area contributed by atoms with Crippen LogP contribution in [0, 0.1) is 11.5 Å². The van der Waals surface area contributed by atoms with Crippen molar-refractivity contribution in [3.8, 4) is 6.19 Å². The van der Waals surface area contributed by atoms with E-state index in [2.05, 4.69) is 10.3 Å². The number of nitrogens with zero attached hydrogens (tertiary/aromatic N) is 2. The molecular formula is C19H22N4O5. The minimum Gasteiger partial charge on any atom is -0.480 e. The number of carboxylic acids is 1. The third-order valence-corrected chi connectivity index (χ3v) is 3.86. The lowest BCUT2D eigenvalue weighted by Gasteiger charge is -2.30. The number of para-hydroxylation sites is 1. The molecule has 9 nitrogen and oxygen atoms in total. The topological polar surface area (TPSA) is 136 Å². The Balaban J connectivity index is 2.39. The van der Waals surface area contributed by atoms with Gasteiger partial charge in [-0.15, -0.1) is 0 Å². The number of hydrogen-bond donors (Lipinski definition) is 3. The molecule has 28 heavy (non-hydrogen) atoms. The molecule has 1 aromatic carbocycles. The molecule has 2 amide bonds. The van der Waals surface area contributed by atoms with Gasteiger partial charge in [-0.25, -0.2) is 14.5 Å². The van der Waals surface area contributed by atoms with Crippen molar-refractivity contribution in [3.05, 3.63) is 36.0 Å². The number of hydrogen-bond acceptors (Lipinski definition) is 6. The number of nitriles is 1. The monoisotopic (exact) mass is 386 g/mol. The Bertz CT molecular complexity index is 922. The van der Waals surface area contributed by atoms with E-state index in [4.69, 9.17) is 10.00 Å². The van der Waals surface area contributed by atoms with E-state index >= 15 is 0 Å². The summed E-state index contributed by atoms with van der Waals surface area (Å²) in [5, 5.41) is 21.3. The molecule has 3 N–H and O–H groups in total. The predicted molar refractivity (Wildman–Crippen MR) is 100 cm³/mol. The first-order chi connectivity index (χ1) is 13.1.